The summed E-state index contributed by atoms with van der Waals surface area (Å²) in [6, 6.07) is 15.9. The number of aryl methyl sites for hydroxylation is 2. The first-order chi connectivity index (χ1) is 18.1. The first-order valence-electron chi connectivity index (χ1n) is 12.4. The van der Waals surface area contributed by atoms with Gasteiger partial charge in [-0.1, -0.05) is 12.1 Å². The highest BCUT2D eigenvalue weighted by molar-refractivity contribution is 5.95. The van der Waals surface area contributed by atoms with Gasteiger partial charge in [-0.15, -0.1) is 0 Å². The van der Waals surface area contributed by atoms with Crippen LogP contribution in [0.4, 0.5) is 0 Å². The molecule has 0 amide bonds. The van der Waals surface area contributed by atoms with Gasteiger partial charge in [-0.25, -0.2) is 4.79 Å². The van der Waals surface area contributed by atoms with Crippen molar-refractivity contribution in [2.75, 3.05) is 27.6 Å². The van der Waals surface area contributed by atoms with Crippen LogP contribution in [0.5, 0.6) is 23.0 Å². The Labute approximate surface area is 215 Å². The third-order valence-electron chi connectivity index (χ3n) is 7.09. The number of pyridine rings is 1. The second-order valence-electron chi connectivity index (χ2n) is 9.12. The zero-order valence-corrected chi connectivity index (χ0v) is 21.1. The Morgan fingerprint density at radius 1 is 0.973 bits per heavy atom. The third-order valence-corrected chi connectivity index (χ3v) is 7.09. The van der Waals surface area contributed by atoms with E-state index < -0.39 is 0 Å². The number of esters is 1. The molecular weight excluding hydrogens is 470 g/mol. The second-order valence-corrected chi connectivity index (χ2v) is 9.12. The average Bonchev–Trinajstić information content (AvgIpc) is 3.38. The fourth-order valence-corrected chi connectivity index (χ4v) is 5.37. The summed E-state index contributed by atoms with van der Waals surface area (Å²) in [5.41, 5.74) is 6.33. The van der Waals surface area contributed by atoms with E-state index in [4.69, 9.17) is 23.7 Å². The summed E-state index contributed by atoms with van der Waals surface area (Å²) in [6.45, 7) is 3.23. The van der Waals surface area contributed by atoms with Gasteiger partial charge in [0.05, 0.1) is 37.3 Å². The summed E-state index contributed by atoms with van der Waals surface area (Å²) in [5, 5.41) is 2.08. The first kappa shape index (κ1) is 23.2. The van der Waals surface area contributed by atoms with Crippen LogP contribution in [0, 0.1) is 0 Å². The Kier molecular flexibility index (Phi) is 5.83. The monoisotopic (exact) mass is 498 g/mol. The van der Waals surface area contributed by atoms with Crippen molar-refractivity contribution in [3.05, 3.63) is 77.0 Å². The van der Waals surface area contributed by atoms with Crippen LogP contribution < -0.4 is 23.5 Å². The fraction of sp³-hybridized carbons (Fsp3) is 0.267. The molecule has 6 rings (SSSR count). The summed E-state index contributed by atoms with van der Waals surface area (Å²) < 4.78 is 30.3. The van der Waals surface area contributed by atoms with Crippen LogP contribution >= 0.6 is 0 Å². The van der Waals surface area contributed by atoms with Gasteiger partial charge in [-0.3, -0.25) is 0 Å². The average molecular weight is 499 g/mol. The van der Waals surface area contributed by atoms with E-state index in [0.29, 0.717) is 30.1 Å². The number of benzene rings is 3. The molecule has 7 nitrogen and oxygen atoms in total. The van der Waals surface area contributed by atoms with E-state index in [-0.39, 0.29) is 12.8 Å². The van der Waals surface area contributed by atoms with Crippen LogP contribution in [0.1, 0.15) is 34.0 Å². The van der Waals surface area contributed by atoms with Gasteiger partial charge >= 0.3 is 5.97 Å². The van der Waals surface area contributed by atoms with Crippen molar-refractivity contribution in [2.24, 2.45) is 0 Å². The summed E-state index contributed by atoms with van der Waals surface area (Å²) >= 11 is 0. The van der Waals surface area contributed by atoms with Crippen LogP contribution in [0.2, 0.25) is 0 Å². The molecule has 3 heterocycles. The molecule has 0 atom stereocenters. The standard InChI is InChI=1S/C30H28NO6/c1-4-35-30(32)19-7-5-18(6-8-19)13-23-21-9-10-25(33-2)29(34-3)24(21)16-31-12-11-20-14-26-27(37-17-36-26)15-22(20)28(23)31/h5-10,14-16H,4,11-13,17H2,1-3H3/q+1. The van der Waals surface area contributed by atoms with E-state index in [9.17, 15) is 4.79 Å². The molecular formula is C30H28NO6+. The highest BCUT2D eigenvalue weighted by Crippen LogP contribution is 2.44. The van der Waals surface area contributed by atoms with Crippen molar-refractivity contribution in [2.45, 2.75) is 26.3 Å². The predicted molar refractivity (Wildman–Crippen MR) is 138 cm³/mol. The molecule has 0 unspecified atom stereocenters. The normalized spacial score (nSPS) is 13.2. The molecule has 0 saturated carbocycles. The Hall–Kier alpha value is -4.26. The molecule has 2 aliphatic rings. The van der Waals surface area contributed by atoms with Gasteiger partial charge in [0.15, 0.2) is 35.7 Å². The van der Waals surface area contributed by atoms with Crippen LogP contribution in [0.15, 0.2) is 54.7 Å². The number of aromatic nitrogens is 1. The van der Waals surface area contributed by atoms with Gasteiger partial charge in [0.1, 0.15) is 0 Å². The van der Waals surface area contributed by atoms with Gasteiger partial charge in [-0.05, 0) is 54.4 Å². The van der Waals surface area contributed by atoms with Crippen molar-refractivity contribution in [1.82, 2.24) is 0 Å². The van der Waals surface area contributed by atoms with Gasteiger partial charge in [0.2, 0.25) is 12.5 Å². The van der Waals surface area contributed by atoms with Gasteiger partial charge in [0, 0.05) is 23.8 Å². The Balaban J connectivity index is 1.55. The number of nitrogens with zero attached hydrogens (tertiary/aromatic N) is 1. The maximum atomic E-state index is 12.2. The fourth-order valence-electron chi connectivity index (χ4n) is 5.37. The minimum Gasteiger partial charge on any atom is -0.493 e. The van der Waals surface area contributed by atoms with E-state index in [2.05, 4.69) is 29.0 Å². The minimum absolute atomic E-state index is 0.243. The van der Waals surface area contributed by atoms with Crippen molar-refractivity contribution in [3.8, 4) is 34.3 Å². The summed E-state index contributed by atoms with van der Waals surface area (Å²) in [5.74, 6) is 2.67. The molecule has 4 aromatic rings. The number of rotatable bonds is 6. The van der Waals surface area contributed by atoms with Crippen molar-refractivity contribution in [1.29, 1.82) is 0 Å². The summed E-state index contributed by atoms with van der Waals surface area (Å²) in [7, 11) is 3.32. The predicted octanol–water partition coefficient (Wildman–Crippen LogP) is 4.86. The highest BCUT2D eigenvalue weighted by Gasteiger charge is 2.32. The summed E-state index contributed by atoms with van der Waals surface area (Å²) in [6.07, 6.45) is 3.71. The lowest BCUT2D eigenvalue weighted by molar-refractivity contribution is -0.686. The zero-order valence-electron chi connectivity index (χ0n) is 21.1. The van der Waals surface area contributed by atoms with E-state index in [1.165, 1.54) is 11.1 Å². The second kappa shape index (κ2) is 9.32. The maximum absolute atomic E-state index is 12.2. The topological polar surface area (TPSA) is 67.1 Å². The van der Waals surface area contributed by atoms with E-state index in [0.717, 1.165) is 52.1 Å². The Bertz CT molecular complexity index is 1530. The lowest BCUT2D eigenvalue weighted by Crippen LogP contribution is -2.41. The highest BCUT2D eigenvalue weighted by atomic mass is 16.7. The molecule has 7 heteroatoms. The number of methoxy groups -OCH3 is 2. The van der Waals surface area contributed by atoms with Crippen LogP contribution in [0.3, 0.4) is 0 Å². The lowest BCUT2D eigenvalue weighted by atomic mass is 9.88. The minimum atomic E-state index is -0.311. The third kappa shape index (κ3) is 3.91. The molecule has 0 radical (unpaired) electrons. The molecule has 0 N–H and O–H groups in total. The molecule has 0 spiro atoms. The van der Waals surface area contributed by atoms with Crippen molar-refractivity contribution in [3.63, 3.8) is 0 Å². The van der Waals surface area contributed by atoms with Gasteiger partial charge in [-0.2, -0.15) is 4.57 Å². The van der Waals surface area contributed by atoms with Crippen molar-refractivity contribution >= 4 is 16.7 Å². The molecule has 0 aliphatic carbocycles. The molecule has 3 aromatic carbocycles. The molecule has 1 aromatic heterocycles. The maximum Gasteiger partial charge on any atom is 0.338 e. The quantitative estimate of drug-likeness (QED) is 0.279. The summed E-state index contributed by atoms with van der Waals surface area (Å²) in [4.78, 5) is 12.2. The zero-order chi connectivity index (χ0) is 25.5. The smallest absolute Gasteiger partial charge is 0.338 e. The number of hydrogen-bond acceptors (Lipinski definition) is 6. The molecule has 2 aliphatic heterocycles. The van der Waals surface area contributed by atoms with Crippen molar-refractivity contribution < 1.29 is 33.0 Å². The largest absolute Gasteiger partial charge is 0.493 e. The number of carbonyl (C=O) groups excluding carboxylic acids is 1. The SMILES string of the molecule is CCOC(=O)c1ccc(Cc2c3[n+](cc4c(OC)c(OC)ccc24)CCc2cc4c(cc2-3)OCO4)cc1. The molecule has 188 valence electrons. The van der Waals surface area contributed by atoms with E-state index in [1.54, 1.807) is 21.1 Å². The molecule has 37 heavy (non-hydrogen) atoms. The molecule has 0 fully saturated rings. The Morgan fingerprint density at radius 3 is 2.49 bits per heavy atom. The number of carbonyl (C=O) groups is 1. The molecule has 0 saturated heterocycles. The molecule has 0 bridgehead atoms. The van der Waals surface area contributed by atoms with E-state index in [1.807, 2.05) is 30.3 Å². The number of ether oxygens (including phenoxy) is 5. The van der Waals surface area contributed by atoms with E-state index >= 15 is 0 Å². The van der Waals surface area contributed by atoms with Crippen LogP contribution in [-0.2, 0) is 24.1 Å². The van der Waals surface area contributed by atoms with Gasteiger partial charge < -0.3 is 23.7 Å². The number of hydrogen-bond donors (Lipinski definition) is 0. The first-order valence-corrected chi connectivity index (χ1v) is 12.4. The Morgan fingerprint density at radius 2 is 1.76 bits per heavy atom. The lowest BCUT2D eigenvalue weighted by Gasteiger charge is -2.21. The van der Waals surface area contributed by atoms with Gasteiger partial charge in [0.25, 0.3) is 0 Å². The van der Waals surface area contributed by atoms with Crippen LogP contribution in [0.25, 0.3) is 22.0 Å². The van der Waals surface area contributed by atoms with Crippen LogP contribution in [-0.4, -0.2) is 33.6 Å². The number of fused-ring (bicyclic) bond motifs is 5.